The van der Waals surface area contributed by atoms with Gasteiger partial charge in [-0.15, -0.1) is 12.4 Å². The Hall–Kier alpha value is -2.04. The lowest BCUT2D eigenvalue weighted by molar-refractivity contribution is -0.131. The molecule has 1 fully saturated rings. The molecule has 2 aromatic carbocycles. The first-order chi connectivity index (χ1) is 12.7. The molecule has 0 aromatic heterocycles. The van der Waals surface area contributed by atoms with Crippen molar-refractivity contribution in [1.82, 2.24) is 10.2 Å². The summed E-state index contributed by atoms with van der Waals surface area (Å²) in [5.74, 6) is 1.02. The molecule has 146 valence electrons. The van der Waals surface area contributed by atoms with E-state index in [1.54, 1.807) is 0 Å². The lowest BCUT2D eigenvalue weighted by Gasteiger charge is -2.24. The van der Waals surface area contributed by atoms with Crippen molar-refractivity contribution in [2.45, 2.75) is 38.8 Å². The quantitative estimate of drug-likeness (QED) is 0.785. The summed E-state index contributed by atoms with van der Waals surface area (Å²) in [7, 11) is 1.94. The lowest BCUT2D eigenvalue weighted by Crippen LogP contribution is -2.41. The first-order valence-corrected chi connectivity index (χ1v) is 9.37. The van der Waals surface area contributed by atoms with Gasteiger partial charge in [0.1, 0.15) is 12.4 Å². The number of rotatable bonds is 7. The van der Waals surface area contributed by atoms with Gasteiger partial charge in [0, 0.05) is 19.1 Å². The number of likely N-dealkylation sites (N-methyl/N-ethyl adjacent to an activating group) is 1. The average Bonchev–Trinajstić information content (AvgIpc) is 3.09. The first kappa shape index (κ1) is 21.3. The predicted molar refractivity (Wildman–Crippen MR) is 112 cm³/mol. The summed E-state index contributed by atoms with van der Waals surface area (Å²) in [5.41, 5.74) is 3.39. The number of carbonyl (C=O) groups is 1. The third-order valence-corrected chi connectivity index (χ3v) is 4.88. The Morgan fingerprint density at radius 2 is 1.96 bits per heavy atom. The van der Waals surface area contributed by atoms with Gasteiger partial charge < -0.3 is 15.0 Å². The van der Waals surface area contributed by atoms with E-state index in [0.29, 0.717) is 19.1 Å². The van der Waals surface area contributed by atoms with Crippen LogP contribution in [0.2, 0.25) is 0 Å². The normalized spacial score (nSPS) is 16.1. The zero-order valence-corrected chi connectivity index (χ0v) is 16.9. The molecule has 27 heavy (non-hydrogen) atoms. The standard InChI is InChI=1S/C22H28N2O2.ClH/c1-17-6-3-8-19(12-17)16-26-21-10-4-7-18(13-21)14-22(25)24-11-5-9-20(24)15-23-2;/h3-4,6-8,10,12-13,20,23H,5,9,11,14-16H2,1-2H3;1H. The minimum atomic E-state index is 0. The molecule has 1 aliphatic rings. The van der Waals surface area contributed by atoms with Crippen LogP contribution < -0.4 is 10.1 Å². The number of ether oxygens (including phenoxy) is 1. The third-order valence-electron chi connectivity index (χ3n) is 4.88. The molecule has 0 spiro atoms. The fourth-order valence-electron chi connectivity index (χ4n) is 3.60. The molecule has 1 saturated heterocycles. The van der Waals surface area contributed by atoms with E-state index in [-0.39, 0.29) is 18.3 Å². The molecular weight excluding hydrogens is 360 g/mol. The number of hydrogen-bond acceptors (Lipinski definition) is 3. The van der Waals surface area contributed by atoms with Crippen LogP contribution in [0.4, 0.5) is 0 Å². The maximum atomic E-state index is 12.7. The molecule has 0 aliphatic carbocycles. The molecule has 0 saturated carbocycles. The summed E-state index contributed by atoms with van der Waals surface area (Å²) in [6.07, 6.45) is 2.62. The zero-order chi connectivity index (χ0) is 18.4. The van der Waals surface area contributed by atoms with Crippen molar-refractivity contribution in [3.63, 3.8) is 0 Å². The number of carbonyl (C=O) groups excluding carboxylic acids is 1. The van der Waals surface area contributed by atoms with Gasteiger partial charge in [0.05, 0.1) is 6.42 Å². The van der Waals surface area contributed by atoms with E-state index in [1.807, 2.05) is 42.3 Å². The SMILES string of the molecule is CNCC1CCCN1C(=O)Cc1cccc(OCc2cccc(C)c2)c1.Cl. The van der Waals surface area contributed by atoms with E-state index in [1.165, 1.54) is 5.56 Å². The van der Waals surface area contributed by atoms with Crippen molar-refractivity contribution in [1.29, 1.82) is 0 Å². The van der Waals surface area contributed by atoms with Crippen molar-refractivity contribution in [3.05, 3.63) is 65.2 Å². The van der Waals surface area contributed by atoms with Gasteiger partial charge in [-0.25, -0.2) is 0 Å². The van der Waals surface area contributed by atoms with E-state index < -0.39 is 0 Å². The Bertz CT molecular complexity index is 751. The van der Waals surface area contributed by atoms with Gasteiger partial charge in [0.25, 0.3) is 0 Å². The highest BCUT2D eigenvalue weighted by atomic mass is 35.5. The van der Waals surface area contributed by atoms with Crippen LogP contribution >= 0.6 is 12.4 Å². The minimum Gasteiger partial charge on any atom is -0.489 e. The van der Waals surface area contributed by atoms with Crippen LogP contribution in [0.15, 0.2) is 48.5 Å². The van der Waals surface area contributed by atoms with Crippen molar-refractivity contribution in [2.75, 3.05) is 20.1 Å². The van der Waals surface area contributed by atoms with E-state index in [9.17, 15) is 4.79 Å². The largest absolute Gasteiger partial charge is 0.489 e. The second-order valence-electron chi connectivity index (χ2n) is 7.04. The van der Waals surface area contributed by atoms with E-state index in [2.05, 4.69) is 30.4 Å². The fourth-order valence-corrected chi connectivity index (χ4v) is 3.60. The van der Waals surface area contributed by atoms with Crippen molar-refractivity contribution in [3.8, 4) is 5.75 Å². The second-order valence-corrected chi connectivity index (χ2v) is 7.04. The number of nitrogens with one attached hydrogen (secondary N) is 1. The zero-order valence-electron chi connectivity index (χ0n) is 16.1. The molecule has 1 amide bonds. The van der Waals surface area contributed by atoms with Crippen LogP contribution in [0.1, 0.15) is 29.5 Å². The third kappa shape index (κ3) is 5.98. The van der Waals surface area contributed by atoms with Crippen LogP contribution in [0, 0.1) is 6.92 Å². The molecule has 1 unspecified atom stereocenters. The highest BCUT2D eigenvalue weighted by Crippen LogP contribution is 2.20. The molecule has 1 atom stereocenters. The Labute approximate surface area is 168 Å². The van der Waals surface area contributed by atoms with E-state index >= 15 is 0 Å². The second kappa shape index (κ2) is 10.3. The van der Waals surface area contributed by atoms with Crippen LogP contribution in [-0.2, 0) is 17.8 Å². The highest BCUT2D eigenvalue weighted by molar-refractivity contribution is 5.85. The van der Waals surface area contributed by atoms with Crippen molar-refractivity contribution < 1.29 is 9.53 Å². The lowest BCUT2D eigenvalue weighted by atomic mass is 10.1. The van der Waals surface area contributed by atoms with Crippen LogP contribution in [-0.4, -0.2) is 37.0 Å². The fraction of sp³-hybridized carbons (Fsp3) is 0.409. The summed E-state index contributed by atoms with van der Waals surface area (Å²) >= 11 is 0. The van der Waals surface area contributed by atoms with Gasteiger partial charge in [-0.1, -0.05) is 42.0 Å². The highest BCUT2D eigenvalue weighted by Gasteiger charge is 2.27. The number of halogens is 1. The number of aryl methyl sites for hydroxylation is 1. The number of nitrogens with zero attached hydrogens (tertiary/aromatic N) is 1. The van der Waals surface area contributed by atoms with Gasteiger partial charge in [-0.2, -0.15) is 0 Å². The van der Waals surface area contributed by atoms with E-state index in [0.717, 1.165) is 42.8 Å². The number of likely N-dealkylation sites (tertiary alicyclic amines) is 1. The van der Waals surface area contributed by atoms with E-state index in [4.69, 9.17) is 4.74 Å². The van der Waals surface area contributed by atoms with Gasteiger partial charge in [-0.05, 0) is 50.1 Å². The molecule has 2 aromatic rings. The molecule has 5 heteroatoms. The Morgan fingerprint density at radius 1 is 1.19 bits per heavy atom. The Balaban J connectivity index is 0.00000261. The molecule has 0 radical (unpaired) electrons. The Kier molecular flexibility index (Phi) is 8.14. The average molecular weight is 389 g/mol. The predicted octanol–water partition coefficient (Wildman–Crippen LogP) is 3.75. The van der Waals surface area contributed by atoms with Crippen molar-refractivity contribution in [2.24, 2.45) is 0 Å². The number of amides is 1. The van der Waals surface area contributed by atoms with Crippen LogP contribution in [0.25, 0.3) is 0 Å². The molecular formula is C22H29ClN2O2. The summed E-state index contributed by atoms with van der Waals surface area (Å²) in [6.45, 7) is 4.35. The number of benzene rings is 2. The molecule has 4 nitrogen and oxygen atoms in total. The summed E-state index contributed by atoms with van der Waals surface area (Å²) in [5, 5.41) is 3.19. The van der Waals surface area contributed by atoms with Crippen LogP contribution in [0.3, 0.4) is 0 Å². The molecule has 1 N–H and O–H groups in total. The van der Waals surface area contributed by atoms with Crippen LogP contribution in [0.5, 0.6) is 5.75 Å². The molecule has 1 heterocycles. The smallest absolute Gasteiger partial charge is 0.227 e. The number of hydrogen-bond donors (Lipinski definition) is 1. The molecule has 1 aliphatic heterocycles. The minimum absolute atomic E-state index is 0. The van der Waals surface area contributed by atoms with Gasteiger partial charge in [0.2, 0.25) is 5.91 Å². The summed E-state index contributed by atoms with van der Waals surface area (Å²) in [4.78, 5) is 14.7. The Morgan fingerprint density at radius 3 is 2.74 bits per heavy atom. The first-order valence-electron chi connectivity index (χ1n) is 9.37. The summed E-state index contributed by atoms with van der Waals surface area (Å²) < 4.78 is 5.92. The van der Waals surface area contributed by atoms with Gasteiger partial charge >= 0.3 is 0 Å². The topological polar surface area (TPSA) is 41.6 Å². The summed E-state index contributed by atoms with van der Waals surface area (Å²) in [6, 6.07) is 16.5. The van der Waals surface area contributed by atoms with Gasteiger partial charge in [0.15, 0.2) is 0 Å². The van der Waals surface area contributed by atoms with Crippen molar-refractivity contribution >= 4 is 18.3 Å². The maximum absolute atomic E-state index is 12.7. The van der Waals surface area contributed by atoms with Gasteiger partial charge in [-0.3, -0.25) is 4.79 Å². The monoisotopic (exact) mass is 388 g/mol. The maximum Gasteiger partial charge on any atom is 0.227 e. The molecule has 3 rings (SSSR count). The molecule has 0 bridgehead atoms.